The smallest absolute Gasteiger partial charge is 0.327 e. The number of hydrogen-bond acceptors (Lipinski definition) is 8. The number of methoxy groups -OCH3 is 5. The molecule has 0 unspecified atom stereocenters. The van der Waals surface area contributed by atoms with Crippen LogP contribution >= 0.6 is 0 Å². The van der Waals surface area contributed by atoms with E-state index in [1.165, 1.54) is 34.5 Å². The maximum Gasteiger partial charge on any atom is 0.327 e. The summed E-state index contributed by atoms with van der Waals surface area (Å²) < 4.78 is 26.4. The van der Waals surface area contributed by atoms with E-state index < -0.39 is 16.5 Å². The van der Waals surface area contributed by atoms with Crippen LogP contribution in [-0.4, -0.2) is 57.8 Å². The van der Waals surface area contributed by atoms with E-state index in [4.69, 9.17) is 23.7 Å². The van der Waals surface area contributed by atoms with E-state index in [1.54, 1.807) is 12.0 Å². The normalized spacial score (nSPS) is 12.6. The van der Waals surface area contributed by atoms with Crippen molar-refractivity contribution in [3.8, 4) is 28.7 Å². The topological polar surface area (TPSA) is 110 Å². The lowest BCUT2D eigenvalue weighted by molar-refractivity contribution is -0.386. The Morgan fingerprint density at radius 2 is 1.45 bits per heavy atom. The summed E-state index contributed by atoms with van der Waals surface area (Å²) in [6, 6.07) is 5.01. The Hall–Kier alpha value is -3.69. The molecule has 0 saturated carbocycles. The SMILES string of the molecule is COc1cc2c(cc1OC)CN(C(=O)c1cc(OC)c(OC)c(OC)c1[N+](=O)[O-])CC2. The van der Waals surface area contributed by atoms with Gasteiger partial charge in [0.2, 0.25) is 11.5 Å². The lowest BCUT2D eigenvalue weighted by Crippen LogP contribution is -2.36. The average Bonchev–Trinajstić information content (AvgIpc) is 2.80. The Balaban J connectivity index is 2.05. The Morgan fingerprint density at radius 1 is 0.871 bits per heavy atom. The van der Waals surface area contributed by atoms with Crippen molar-refractivity contribution in [2.75, 3.05) is 42.1 Å². The van der Waals surface area contributed by atoms with Crippen LogP contribution in [0, 0.1) is 10.1 Å². The molecule has 0 atom stereocenters. The van der Waals surface area contributed by atoms with Gasteiger partial charge in [0.25, 0.3) is 5.91 Å². The van der Waals surface area contributed by atoms with Gasteiger partial charge in [-0.3, -0.25) is 14.9 Å². The number of rotatable bonds is 7. The van der Waals surface area contributed by atoms with Gasteiger partial charge in [-0.1, -0.05) is 0 Å². The van der Waals surface area contributed by atoms with Crippen LogP contribution in [0.25, 0.3) is 0 Å². The van der Waals surface area contributed by atoms with Gasteiger partial charge in [-0.25, -0.2) is 0 Å². The van der Waals surface area contributed by atoms with Crippen LogP contribution in [0.4, 0.5) is 5.69 Å². The molecule has 0 saturated heterocycles. The molecule has 0 fully saturated rings. The Morgan fingerprint density at radius 3 is 1.97 bits per heavy atom. The minimum absolute atomic E-state index is 0.0501. The van der Waals surface area contributed by atoms with Gasteiger partial charge in [-0.05, 0) is 29.7 Å². The predicted molar refractivity (Wildman–Crippen MR) is 111 cm³/mol. The second kappa shape index (κ2) is 8.99. The van der Waals surface area contributed by atoms with Gasteiger partial charge in [0, 0.05) is 19.2 Å². The fourth-order valence-corrected chi connectivity index (χ4v) is 3.71. The molecular weight excluding hydrogens is 408 g/mol. The van der Waals surface area contributed by atoms with E-state index >= 15 is 0 Å². The zero-order chi connectivity index (χ0) is 22.7. The summed E-state index contributed by atoms with van der Waals surface area (Å²) in [7, 11) is 7.10. The zero-order valence-electron chi connectivity index (χ0n) is 18.0. The van der Waals surface area contributed by atoms with Crippen molar-refractivity contribution in [3.05, 3.63) is 45.0 Å². The molecule has 0 aromatic heterocycles. The molecule has 1 amide bonds. The molecule has 3 rings (SSSR count). The van der Waals surface area contributed by atoms with Gasteiger partial charge < -0.3 is 28.6 Å². The number of nitro benzene ring substituents is 1. The van der Waals surface area contributed by atoms with Crippen molar-refractivity contribution in [1.82, 2.24) is 4.90 Å². The molecular formula is C21H24N2O8. The number of ether oxygens (including phenoxy) is 5. The molecule has 10 nitrogen and oxygen atoms in total. The number of carbonyl (C=O) groups excluding carboxylic acids is 1. The van der Waals surface area contributed by atoms with Gasteiger partial charge in [0.05, 0.1) is 40.5 Å². The van der Waals surface area contributed by atoms with Crippen LogP contribution in [0.3, 0.4) is 0 Å². The van der Waals surface area contributed by atoms with Crippen LogP contribution in [0.15, 0.2) is 18.2 Å². The lowest BCUT2D eigenvalue weighted by Gasteiger charge is -2.30. The van der Waals surface area contributed by atoms with E-state index in [0.717, 1.165) is 11.1 Å². The molecule has 1 heterocycles. The number of hydrogen-bond donors (Lipinski definition) is 0. The summed E-state index contributed by atoms with van der Waals surface area (Å²) in [6.07, 6.45) is 0.569. The van der Waals surface area contributed by atoms with Crippen molar-refractivity contribution in [1.29, 1.82) is 0 Å². The number of fused-ring (bicyclic) bond motifs is 1. The number of carbonyl (C=O) groups is 1. The van der Waals surface area contributed by atoms with E-state index in [2.05, 4.69) is 0 Å². The largest absolute Gasteiger partial charge is 0.493 e. The van der Waals surface area contributed by atoms with E-state index in [9.17, 15) is 14.9 Å². The Labute approximate surface area is 179 Å². The van der Waals surface area contributed by atoms with Crippen LogP contribution in [0.5, 0.6) is 28.7 Å². The summed E-state index contributed by atoms with van der Waals surface area (Å²) in [5.41, 5.74) is 1.31. The van der Waals surface area contributed by atoms with Gasteiger partial charge in [0.1, 0.15) is 5.56 Å². The van der Waals surface area contributed by atoms with Crippen LogP contribution in [0.2, 0.25) is 0 Å². The Kier molecular flexibility index (Phi) is 6.38. The average molecular weight is 432 g/mol. The van der Waals surface area contributed by atoms with Crippen molar-refractivity contribution in [2.45, 2.75) is 13.0 Å². The number of benzene rings is 2. The van der Waals surface area contributed by atoms with Crippen molar-refractivity contribution in [2.24, 2.45) is 0 Å². The highest BCUT2D eigenvalue weighted by atomic mass is 16.6. The standard InChI is InChI=1S/C21H24N2O8/c1-27-15-8-12-6-7-22(11-13(12)9-16(15)28-2)21(24)14-10-17(29-3)19(30-4)20(31-5)18(14)23(25)26/h8-10H,6-7,11H2,1-5H3. The maximum atomic E-state index is 13.4. The number of nitrogens with zero attached hydrogens (tertiary/aromatic N) is 2. The molecule has 2 aromatic rings. The summed E-state index contributed by atoms with van der Waals surface area (Å²) in [4.78, 5) is 26.1. The number of amides is 1. The summed E-state index contributed by atoms with van der Waals surface area (Å²) in [6.45, 7) is 0.650. The van der Waals surface area contributed by atoms with Gasteiger partial charge >= 0.3 is 5.69 Å². The fraction of sp³-hybridized carbons (Fsp3) is 0.381. The molecule has 166 valence electrons. The quantitative estimate of drug-likeness (QED) is 0.485. The molecule has 1 aliphatic rings. The molecule has 1 aliphatic heterocycles. The van der Waals surface area contributed by atoms with E-state index in [-0.39, 0.29) is 29.4 Å². The molecule has 0 spiro atoms. The summed E-state index contributed by atoms with van der Waals surface area (Å²) >= 11 is 0. The second-order valence-corrected chi connectivity index (χ2v) is 6.75. The molecule has 31 heavy (non-hydrogen) atoms. The monoisotopic (exact) mass is 432 g/mol. The van der Waals surface area contributed by atoms with Gasteiger partial charge in [0.15, 0.2) is 17.2 Å². The minimum Gasteiger partial charge on any atom is -0.493 e. The third-order valence-electron chi connectivity index (χ3n) is 5.22. The summed E-state index contributed by atoms with van der Waals surface area (Å²) in [5, 5.41) is 11.8. The van der Waals surface area contributed by atoms with Crippen molar-refractivity contribution < 1.29 is 33.4 Å². The van der Waals surface area contributed by atoms with Crippen LogP contribution < -0.4 is 23.7 Å². The first kappa shape index (κ1) is 22.0. The molecule has 0 bridgehead atoms. The molecule has 2 aromatic carbocycles. The predicted octanol–water partition coefficient (Wildman–Crippen LogP) is 2.84. The third kappa shape index (κ3) is 3.88. The van der Waals surface area contributed by atoms with E-state index in [1.807, 2.05) is 12.1 Å². The first-order chi connectivity index (χ1) is 14.9. The molecule has 0 aliphatic carbocycles. The highest BCUT2D eigenvalue weighted by Crippen LogP contribution is 2.46. The highest BCUT2D eigenvalue weighted by molar-refractivity contribution is 6.00. The van der Waals surface area contributed by atoms with Crippen LogP contribution in [-0.2, 0) is 13.0 Å². The van der Waals surface area contributed by atoms with Crippen molar-refractivity contribution in [3.63, 3.8) is 0 Å². The first-order valence-electron chi connectivity index (χ1n) is 9.40. The van der Waals surface area contributed by atoms with E-state index in [0.29, 0.717) is 24.5 Å². The molecule has 0 N–H and O–H groups in total. The fourth-order valence-electron chi connectivity index (χ4n) is 3.71. The number of nitro groups is 1. The van der Waals surface area contributed by atoms with Gasteiger partial charge in [-0.2, -0.15) is 0 Å². The zero-order valence-corrected chi connectivity index (χ0v) is 18.0. The minimum atomic E-state index is -0.653. The highest BCUT2D eigenvalue weighted by Gasteiger charge is 2.35. The summed E-state index contributed by atoms with van der Waals surface area (Å²) in [5.74, 6) is 0.701. The lowest BCUT2D eigenvalue weighted by atomic mass is 9.97. The molecule has 0 radical (unpaired) electrons. The Bertz CT molecular complexity index is 1020. The molecule has 10 heteroatoms. The second-order valence-electron chi connectivity index (χ2n) is 6.75. The van der Waals surface area contributed by atoms with Gasteiger partial charge in [-0.15, -0.1) is 0 Å². The van der Waals surface area contributed by atoms with Crippen LogP contribution in [0.1, 0.15) is 21.5 Å². The third-order valence-corrected chi connectivity index (χ3v) is 5.22. The maximum absolute atomic E-state index is 13.4. The van der Waals surface area contributed by atoms with Crippen molar-refractivity contribution >= 4 is 11.6 Å². The first-order valence-corrected chi connectivity index (χ1v) is 9.40.